The van der Waals surface area contributed by atoms with Crippen LogP contribution in [0.25, 0.3) is 121 Å². The Kier molecular flexibility index (Phi) is 30.4. The first-order valence-corrected chi connectivity index (χ1v) is 50.0. The van der Waals surface area contributed by atoms with E-state index < -0.39 is 0 Å². The van der Waals surface area contributed by atoms with Gasteiger partial charge in [0.25, 0.3) is 0 Å². The molecule has 0 amide bonds. The first-order valence-electron chi connectivity index (χ1n) is 50.5. The van der Waals surface area contributed by atoms with Gasteiger partial charge in [-0.25, -0.2) is 4.57 Å². The Hall–Kier alpha value is -11.5. The number of rotatable bonds is 14. The first kappa shape index (κ1) is 98.5. The maximum absolute atomic E-state index is 8.54. The Balaban J connectivity index is 0.000000143. The number of nitrogens with zero attached hydrogens (tertiary/aromatic N) is 5. The lowest BCUT2D eigenvalue weighted by atomic mass is 9.82. The van der Waals surface area contributed by atoms with Gasteiger partial charge in [-0.1, -0.05) is 264 Å². The molecule has 0 bridgehead atoms. The van der Waals surface area contributed by atoms with E-state index in [0.717, 1.165) is 17.0 Å². The normalized spacial score (nSPS) is 12.6. The lowest BCUT2D eigenvalue weighted by Crippen LogP contribution is -2.35. The van der Waals surface area contributed by atoms with E-state index in [1.54, 1.807) is 5.56 Å². The van der Waals surface area contributed by atoms with Crippen LogP contribution in [0.3, 0.4) is 0 Å². The van der Waals surface area contributed by atoms with Crippen molar-refractivity contribution in [1.29, 1.82) is 0 Å². The molecule has 0 radical (unpaired) electrons. The predicted molar refractivity (Wildman–Crippen MR) is 578 cm³/mol. The standard InChI is InChI=1S/C27H34N.C27H28N.2C26H34N.C23H28N/c1-17(2)22-11-12-23-14-19(4)28(6)27(26(23)15-22)25-16-24(13-18(3)20(25)5)21-9-7-8-10-21;1-18(2)22-13-14-24-15-20(4)28(5)27(26(24)16-22)25-17-23(12-11-19(25)3)21-9-7-6-8-10-21;1-16(2)20-10-11-21-13-18(4)27(9)25(24(21)14-20)23-15-22(26(6,7)8)12-17(3)19(23)5;1-16(2)21-10-9-20-11-12-27(8)26(25(20)13-21)24-15-22(17(3)4)14-23(18(5)6)19(24)7;1-14(2)19-8-9-20-12-17(5)24(7)23(22(20)13-19)21-11-15(3)10-16(4)18(21)6/h11-17,21H,7-10H2,1-6H3;6-18H,1-5H3;10-16H,1-9H3;9-18H,1-8H3;8-14H,1-7H3/q5*+1/i;;;12D;. The number of aromatic nitrogens is 5. The van der Waals surface area contributed by atoms with Crippen LogP contribution in [0.15, 0.2) is 225 Å². The Morgan fingerprint density at radius 3 is 1.04 bits per heavy atom. The maximum Gasteiger partial charge on any atom is 0.220 e. The van der Waals surface area contributed by atoms with E-state index in [2.05, 4.69) is 466 Å². The average molecular weight is 1780 g/mol. The summed E-state index contributed by atoms with van der Waals surface area (Å²) in [6.07, 6.45) is 6.00. The molecule has 0 aliphatic heterocycles. The van der Waals surface area contributed by atoms with Gasteiger partial charge in [0, 0.05) is 58.0 Å². The number of pyridine rings is 5. The first-order chi connectivity index (χ1) is 63.7. The van der Waals surface area contributed by atoms with Gasteiger partial charge in [-0.3, -0.25) is 0 Å². The van der Waals surface area contributed by atoms with Crippen LogP contribution in [0, 0.1) is 90.0 Å². The predicted octanol–water partition coefficient (Wildman–Crippen LogP) is 33.2. The van der Waals surface area contributed by atoms with Gasteiger partial charge < -0.3 is 0 Å². The van der Waals surface area contributed by atoms with E-state index in [4.69, 9.17) is 1.37 Å². The van der Waals surface area contributed by atoms with Gasteiger partial charge >= 0.3 is 0 Å². The quantitative estimate of drug-likeness (QED) is 0.0967. The molecule has 0 spiro atoms. The molecule has 1 aliphatic carbocycles. The van der Waals surface area contributed by atoms with Crippen molar-refractivity contribution in [2.24, 2.45) is 35.2 Å². The fourth-order valence-corrected chi connectivity index (χ4v) is 20.2. The smallest absolute Gasteiger partial charge is 0.200 e. The second kappa shape index (κ2) is 41.4. The van der Waals surface area contributed by atoms with Crippen LogP contribution < -0.4 is 22.8 Å². The van der Waals surface area contributed by atoms with Crippen LogP contribution in [0.4, 0.5) is 0 Å². The molecule has 1 saturated carbocycles. The topological polar surface area (TPSA) is 19.4 Å². The zero-order chi connectivity index (χ0) is 98.3. The molecule has 11 aromatic carbocycles. The third kappa shape index (κ3) is 21.2. The van der Waals surface area contributed by atoms with Crippen molar-refractivity contribution in [3.63, 3.8) is 0 Å². The minimum atomic E-state index is 0.133. The molecule has 0 atom stereocenters. The highest BCUT2D eigenvalue weighted by molar-refractivity contribution is 5.99. The highest BCUT2D eigenvalue weighted by atomic mass is 15.0. The van der Waals surface area contributed by atoms with Gasteiger partial charge in [0.05, 0.1) is 54.7 Å². The summed E-state index contributed by atoms with van der Waals surface area (Å²) < 4.78 is 20.0. The molecule has 0 unspecified atom stereocenters. The van der Waals surface area contributed by atoms with Crippen molar-refractivity contribution in [1.82, 2.24) is 0 Å². The summed E-state index contributed by atoms with van der Waals surface area (Å²) in [7, 11) is 10.8. The largest absolute Gasteiger partial charge is 0.220 e. The Morgan fingerprint density at radius 1 is 0.284 bits per heavy atom. The second-order valence-corrected chi connectivity index (χ2v) is 42.9. The average Bonchev–Trinajstić information content (AvgIpc) is 1.14. The van der Waals surface area contributed by atoms with Gasteiger partial charge in [-0.2, -0.15) is 18.3 Å². The lowest BCUT2D eigenvalue weighted by molar-refractivity contribution is -0.665. The number of hydrogen-bond donors (Lipinski definition) is 0. The van der Waals surface area contributed by atoms with Crippen molar-refractivity contribution in [3.05, 3.63) is 347 Å². The van der Waals surface area contributed by atoms with Crippen LogP contribution >= 0.6 is 0 Å². The highest BCUT2D eigenvalue weighted by Crippen LogP contribution is 2.44. The summed E-state index contributed by atoms with van der Waals surface area (Å²) in [4.78, 5) is 0. The Morgan fingerprint density at radius 2 is 0.642 bits per heavy atom. The summed E-state index contributed by atoms with van der Waals surface area (Å²) in [5.74, 6) is 4.28. The molecule has 134 heavy (non-hydrogen) atoms. The summed E-state index contributed by atoms with van der Waals surface area (Å²) in [6, 6.07) is 82.3. The molecule has 5 nitrogen and oxygen atoms in total. The van der Waals surface area contributed by atoms with E-state index in [1.165, 1.54) is 253 Å². The molecule has 0 saturated heterocycles. The molecule has 694 valence electrons. The molecular formula is C129H158N5+5. The molecule has 1 aliphatic rings. The van der Waals surface area contributed by atoms with E-state index in [0.29, 0.717) is 47.6 Å². The SMILES string of the molecule is Cc1cc(C(C)(C)C)cc(-c2c3cc(C(C)C)ccc3cc(C)[n+]2C)c1C.Cc1cc(C)c(C)c(-c2c3cc(C(C)C)ccc3cc(C)[n+]2C)c1.Cc1cc(C2CCCC2)cc(-c2c3cc(C(C)C)ccc3cc(C)[n+]2C)c1C.Cc1ccc(-c2ccccc2)cc1-c1c2cc(C(C)C)ccc2cc(C)[n+]1C.[2H]c1cc2ccc(C(C)C)cc2c(-c2cc(C(C)C)cc(C(C)C)c2C)[n+]1C. The monoisotopic (exact) mass is 1780 g/mol. The molecule has 5 heterocycles. The van der Waals surface area contributed by atoms with Crippen LogP contribution in [0.5, 0.6) is 0 Å². The molecule has 0 N–H and O–H groups in total. The van der Waals surface area contributed by atoms with Crippen LogP contribution in [0.1, 0.15) is 315 Å². The summed E-state index contributed by atoms with van der Waals surface area (Å²) >= 11 is 0. The molecule has 5 aromatic heterocycles. The molecule has 5 heteroatoms. The van der Waals surface area contributed by atoms with E-state index in [-0.39, 0.29) is 5.41 Å². The summed E-state index contributed by atoms with van der Waals surface area (Å²) in [5, 5.41) is 13.1. The maximum atomic E-state index is 8.54. The van der Waals surface area contributed by atoms with E-state index in [1.807, 2.05) is 17.7 Å². The fraction of sp³-hybridized carbons (Fsp3) is 0.372. The summed E-state index contributed by atoms with van der Waals surface area (Å²) in [5.41, 5.74) is 45.9. The third-order valence-corrected chi connectivity index (χ3v) is 29.9. The van der Waals surface area contributed by atoms with E-state index >= 15 is 0 Å². The number of benzene rings is 11. The lowest BCUT2D eigenvalue weighted by Gasteiger charge is -2.22. The number of hydrogen-bond acceptors (Lipinski definition) is 0. The molecule has 17 rings (SSSR count). The Labute approximate surface area is 808 Å². The molecular weight excluding hydrogens is 1620 g/mol. The fourth-order valence-electron chi connectivity index (χ4n) is 20.2. The van der Waals surface area contributed by atoms with Crippen molar-refractivity contribution >= 4 is 53.9 Å². The van der Waals surface area contributed by atoms with Crippen LogP contribution in [-0.2, 0) is 40.7 Å². The van der Waals surface area contributed by atoms with Gasteiger partial charge in [0.2, 0.25) is 28.5 Å². The number of fused-ring (bicyclic) bond motifs is 5. The van der Waals surface area contributed by atoms with Crippen LogP contribution in [-0.4, -0.2) is 0 Å². The van der Waals surface area contributed by atoms with Crippen molar-refractivity contribution in [2.45, 2.75) is 286 Å². The second-order valence-electron chi connectivity index (χ2n) is 42.9. The Bertz CT molecular complexity index is 7150. The van der Waals surface area contributed by atoms with Gasteiger partial charge in [0.15, 0.2) is 28.9 Å². The minimum Gasteiger partial charge on any atom is -0.200 e. The van der Waals surface area contributed by atoms with Crippen molar-refractivity contribution < 1.29 is 24.2 Å². The van der Waals surface area contributed by atoms with Gasteiger partial charge in [-0.15, -0.1) is 0 Å². The third-order valence-electron chi connectivity index (χ3n) is 29.9. The van der Waals surface area contributed by atoms with Crippen molar-refractivity contribution in [3.8, 4) is 67.4 Å². The molecule has 16 aromatic rings. The van der Waals surface area contributed by atoms with Gasteiger partial charge in [-0.05, 0) is 321 Å². The zero-order valence-electron chi connectivity index (χ0n) is 89.5. The minimum absolute atomic E-state index is 0.133. The molecule has 1 fully saturated rings. The summed E-state index contributed by atoms with van der Waals surface area (Å²) in [6.45, 7) is 67.6. The number of aryl methyl sites for hydroxylation is 9. The van der Waals surface area contributed by atoms with Crippen molar-refractivity contribution in [2.75, 3.05) is 0 Å². The van der Waals surface area contributed by atoms with Crippen LogP contribution in [0.2, 0.25) is 0 Å². The highest BCUT2D eigenvalue weighted by Gasteiger charge is 2.31. The van der Waals surface area contributed by atoms with Gasteiger partial charge in [0.1, 0.15) is 36.6 Å². The zero-order valence-corrected chi connectivity index (χ0v) is 88.5. The van der Waals surface area contributed by atoms with E-state index in [9.17, 15) is 0 Å².